The number of hydrogen-bond donors (Lipinski definition) is 1. The van der Waals surface area contributed by atoms with Crippen molar-refractivity contribution in [3.05, 3.63) is 45.9 Å². The molecule has 3 rings (SSSR count). The molecule has 0 bridgehead atoms. The third-order valence-corrected chi connectivity index (χ3v) is 4.31. The van der Waals surface area contributed by atoms with Gasteiger partial charge in [-0.05, 0) is 25.5 Å². The van der Waals surface area contributed by atoms with Gasteiger partial charge in [0.2, 0.25) is 0 Å². The molecule has 19 heavy (non-hydrogen) atoms. The molecule has 0 saturated carbocycles. The number of thiazole rings is 1. The van der Waals surface area contributed by atoms with Crippen molar-refractivity contribution < 1.29 is 0 Å². The molecule has 1 aromatic carbocycles. The minimum Gasteiger partial charge on any atom is -0.364 e. The van der Waals surface area contributed by atoms with Crippen molar-refractivity contribution in [3.63, 3.8) is 0 Å². The van der Waals surface area contributed by atoms with Gasteiger partial charge in [0.15, 0.2) is 0 Å². The van der Waals surface area contributed by atoms with Gasteiger partial charge < -0.3 is 10.2 Å². The van der Waals surface area contributed by atoms with E-state index >= 15 is 0 Å². The van der Waals surface area contributed by atoms with Gasteiger partial charge in [0.25, 0.3) is 0 Å². The lowest BCUT2D eigenvalue weighted by Crippen LogP contribution is -2.35. The molecule has 1 aliphatic heterocycles. The second-order valence-electron chi connectivity index (χ2n) is 5.15. The van der Waals surface area contributed by atoms with Crippen LogP contribution in [0.15, 0.2) is 29.6 Å². The summed E-state index contributed by atoms with van der Waals surface area (Å²) < 4.78 is 0. The Hall–Kier alpha value is -1.39. The zero-order valence-electron chi connectivity index (χ0n) is 11.4. The quantitative estimate of drug-likeness (QED) is 0.912. The summed E-state index contributed by atoms with van der Waals surface area (Å²) in [5.41, 5.74) is 3.88. The van der Waals surface area contributed by atoms with Gasteiger partial charge in [-0.3, -0.25) is 0 Å². The van der Waals surface area contributed by atoms with Crippen molar-refractivity contribution in [2.45, 2.75) is 33.0 Å². The fourth-order valence-corrected chi connectivity index (χ4v) is 3.18. The number of nitrogens with one attached hydrogen (secondary N) is 1. The van der Waals surface area contributed by atoms with Crippen LogP contribution in [-0.4, -0.2) is 17.6 Å². The van der Waals surface area contributed by atoms with E-state index in [0.29, 0.717) is 6.04 Å². The van der Waals surface area contributed by atoms with Gasteiger partial charge in [0.1, 0.15) is 0 Å². The summed E-state index contributed by atoms with van der Waals surface area (Å²) >= 11 is 1.73. The molecule has 0 radical (unpaired) electrons. The first-order valence-corrected chi connectivity index (χ1v) is 7.57. The highest BCUT2D eigenvalue weighted by Gasteiger charge is 2.19. The Balaban J connectivity index is 1.89. The molecule has 0 amide bonds. The monoisotopic (exact) mass is 273 g/mol. The van der Waals surface area contributed by atoms with Crippen LogP contribution >= 0.6 is 11.3 Å². The minimum atomic E-state index is 0.493. The number of hydrogen-bond acceptors (Lipinski definition) is 4. The van der Waals surface area contributed by atoms with Crippen molar-refractivity contribution in [3.8, 4) is 0 Å². The van der Waals surface area contributed by atoms with Gasteiger partial charge in [0.05, 0.1) is 17.2 Å². The highest BCUT2D eigenvalue weighted by molar-refractivity contribution is 7.09. The predicted molar refractivity (Wildman–Crippen MR) is 80.6 cm³/mol. The standard InChI is InChI=1S/C15H19N3S/c1-11-8-18(9-14-10-19-12(2)17-14)15-6-4-3-5-13(15)7-16-11/h3-6,10-11,16H,7-9H2,1-2H3. The molecule has 1 unspecified atom stereocenters. The summed E-state index contributed by atoms with van der Waals surface area (Å²) in [6.07, 6.45) is 0. The molecule has 1 atom stereocenters. The predicted octanol–water partition coefficient (Wildman–Crippen LogP) is 2.95. The Bertz CT molecular complexity index is 564. The van der Waals surface area contributed by atoms with Crippen molar-refractivity contribution in [1.82, 2.24) is 10.3 Å². The van der Waals surface area contributed by atoms with Crippen LogP contribution in [0.5, 0.6) is 0 Å². The SMILES string of the molecule is Cc1nc(CN2CC(C)NCc3ccccc32)cs1. The third kappa shape index (κ3) is 2.80. The number of nitrogens with zero attached hydrogens (tertiary/aromatic N) is 2. The molecular weight excluding hydrogens is 254 g/mol. The number of anilines is 1. The average Bonchev–Trinajstić information content (AvgIpc) is 2.74. The Kier molecular flexibility index (Phi) is 3.53. The molecule has 3 nitrogen and oxygen atoms in total. The number of para-hydroxylation sites is 1. The zero-order chi connectivity index (χ0) is 13.2. The first-order chi connectivity index (χ1) is 9.22. The molecule has 2 aromatic rings. The largest absolute Gasteiger partial charge is 0.364 e. The zero-order valence-corrected chi connectivity index (χ0v) is 12.2. The normalized spacial score (nSPS) is 19.1. The Morgan fingerprint density at radius 1 is 1.42 bits per heavy atom. The summed E-state index contributed by atoms with van der Waals surface area (Å²) in [4.78, 5) is 7.03. The molecule has 1 aliphatic rings. The van der Waals surface area contributed by atoms with Gasteiger partial charge in [-0.2, -0.15) is 0 Å². The number of aromatic nitrogens is 1. The smallest absolute Gasteiger partial charge is 0.0898 e. The van der Waals surface area contributed by atoms with E-state index < -0.39 is 0 Å². The summed E-state index contributed by atoms with van der Waals surface area (Å²) in [5, 5.41) is 6.87. The first kappa shape index (κ1) is 12.6. The van der Waals surface area contributed by atoms with Crippen molar-refractivity contribution >= 4 is 17.0 Å². The van der Waals surface area contributed by atoms with E-state index in [1.807, 2.05) is 0 Å². The van der Waals surface area contributed by atoms with Crippen molar-refractivity contribution in [1.29, 1.82) is 0 Å². The molecule has 1 aromatic heterocycles. The van der Waals surface area contributed by atoms with Gasteiger partial charge in [-0.1, -0.05) is 18.2 Å². The lowest BCUT2D eigenvalue weighted by atomic mass is 10.1. The molecule has 2 heterocycles. The average molecular weight is 273 g/mol. The fraction of sp³-hybridized carbons (Fsp3) is 0.400. The van der Waals surface area contributed by atoms with Crippen LogP contribution in [0.1, 0.15) is 23.2 Å². The van der Waals surface area contributed by atoms with E-state index in [9.17, 15) is 0 Å². The number of benzene rings is 1. The van der Waals surface area contributed by atoms with Gasteiger partial charge in [-0.15, -0.1) is 11.3 Å². The Morgan fingerprint density at radius 3 is 3.05 bits per heavy atom. The Morgan fingerprint density at radius 2 is 2.26 bits per heavy atom. The van der Waals surface area contributed by atoms with E-state index in [-0.39, 0.29) is 0 Å². The summed E-state index contributed by atoms with van der Waals surface area (Å²) in [6.45, 7) is 7.17. The maximum absolute atomic E-state index is 4.59. The van der Waals surface area contributed by atoms with Crippen LogP contribution in [-0.2, 0) is 13.1 Å². The maximum atomic E-state index is 4.59. The van der Waals surface area contributed by atoms with Gasteiger partial charge >= 0.3 is 0 Å². The highest BCUT2D eigenvalue weighted by Crippen LogP contribution is 2.25. The highest BCUT2D eigenvalue weighted by atomic mass is 32.1. The molecular formula is C15H19N3S. The van der Waals surface area contributed by atoms with Crippen LogP contribution in [0.3, 0.4) is 0 Å². The lowest BCUT2D eigenvalue weighted by molar-refractivity contribution is 0.551. The first-order valence-electron chi connectivity index (χ1n) is 6.69. The number of rotatable bonds is 2. The van der Waals surface area contributed by atoms with Crippen LogP contribution in [0.2, 0.25) is 0 Å². The summed E-state index contributed by atoms with van der Waals surface area (Å²) in [7, 11) is 0. The van der Waals surface area contributed by atoms with Gasteiger partial charge in [0, 0.05) is 30.2 Å². The number of fused-ring (bicyclic) bond motifs is 1. The van der Waals surface area contributed by atoms with E-state index in [0.717, 1.165) is 24.6 Å². The lowest BCUT2D eigenvalue weighted by Gasteiger charge is -2.25. The van der Waals surface area contributed by atoms with Crippen molar-refractivity contribution in [2.24, 2.45) is 0 Å². The third-order valence-electron chi connectivity index (χ3n) is 3.49. The van der Waals surface area contributed by atoms with E-state index in [4.69, 9.17) is 0 Å². The van der Waals surface area contributed by atoms with E-state index in [1.165, 1.54) is 16.9 Å². The summed E-state index contributed by atoms with van der Waals surface area (Å²) in [5.74, 6) is 0. The Labute approximate surface area is 118 Å². The van der Waals surface area contributed by atoms with Gasteiger partial charge in [-0.25, -0.2) is 4.98 Å². The maximum Gasteiger partial charge on any atom is 0.0898 e. The molecule has 4 heteroatoms. The van der Waals surface area contributed by atoms with Crippen LogP contribution in [0.25, 0.3) is 0 Å². The van der Waals surface area contributed by atoms with E-state index in [1.54, 1.807) is 11.3 Å². The molecule has 1 N–H and O–H groups in total. The topological polar surface area (TPSA) is 28.2 Å². The molecule has 0 spiro atoms. The molecule has 100 valence electrons. The molecule has 0 aliphatic carbocycles. The molecule has 0 fully saturated rings. The van der Waals surface area contributed by atoms with Crippen LogP contribution in [0, 0.1) is 6.92 Å². The number of aryl methyl sites for hydroxylation is 1. The second-order valence-corrected chi connectivity index (χ2v) is 6.21. The fourth-order valence-electron chi connectivity index (χ4n) is 2.57. The minimum absolute atomic E-state index is 0.493. The van der Waals surface area contributed by atoms with Crippen molar-refractivity contribution in [2.75, 3.05) is 11.4 Å². The molecule has 0 saturated heterocycles. The summed E-state index contributed by atoms with van der Waals surface area (Å²) in [6, 6.07) is 9.15. The van der Waals surface area contributed by atoms with Crippen LogP contribution < -0.4 is 10.2 Å². The van der Waals surface area contributed by atoms with E-state index in [2.05, 4.69) is 58.7 Å². The second kappa shape index (κ2) is 5.31. The van der Waals surface area contributed by atoms with Crippen LogP contribution in [0.4, 0.5) is 5.69 Å².